The molecule has 34 heavy (non-hydrogen) atoms. The molecule has 0 bridgehead atoms. The third-order valence-corrected chi connectivity index (χ3v) is 6.78. The van der Waals surface area contributed by atoms with Gasteiger partial charge in [-0.25, -0.2) is 14.8 Å². The van der Waals surface area contributed by atoms with Crippen molar-refractivity contribution >= 4 is 34.5 Å². The summed E-state index contributed by atoms with van der Waals surface area (Å²) in [6, 6.07) is 15.2. The van der Waals surface area contributed by atoms with Crippen molar-refractivity contribution in [1.82, 2.24) is 4.98 Å². The first-order valence-corrected chi connectivity index (χ1v) is 11.7. The van der Waals surface area contributed by atoms with E-state index in [2.05, 4.69) is 4.99 Å². The summed E-state index contributed by atoms with van der Waals surface area (Å²) in [6.45, 7) is 2.04. The first-order chi connectivity index (χ1) is 16.4. The molecule has 0 saturated heterocycles. The molecule has 5 N–H and O–H groups in total. The summed E-state index contributed by atoms with van der Waals surface area (Å²) in [5.41, 5.74) is 16.1. The quantitative estimate of drug-likeness (QED) is 0.537. The van der Waals surface area contributed by atoms with E-state index in [9.17, 15) is 9.90 Å². The highest BCUT2D eigenvalue weighted by atomic mass is 16.4. The molecule has 0 unspecified atom stereocenters. The second-order valence-corrected chi connectivity index (χ2v) is 8.93. The predicted octanol–water partition coefficient (Wildman–Crippen LogP) is 4.27. The molecule has 2 heterocycles. The summed E-state index contributed by atoms with van der Waals surface area (Å²) in [5.74, 6) is -0.406. The van der Waals surface area contributed by atoms with E-state index in [4.69, 9.17) is 21.4 Å². The molecule has 3 aromatic rings. The summed E-state index contributed by atoms with van der Waals surface area (Å²) in [4.78, 5) is 27.7. The number of pyridine rings is 1. The number of hydrogen-bond donors (Lipinski definition) is 3. The van der Waals surface area contributed by atoms with Crippen molar-refractivity contribution in [2.45, 2.75) is 51.1 Å². The van der Waals surface area contributed by atoms with Crippen molar-refractivity contribution in [3.05, 3.63) is 59.7 Å². The average Bonchev–Trinajstić information content (AvgIpc) is 2.83. The normalized spacial score (nSPS) is 17.5. The number of aliphatic imine (C=N–C) groups is 2. The number of hydrogen-bond acceptors (Lipinski definition) is 7. The van der Waals surface area contributed by atoms with E-state index < -0.39 is 11.6 Å². The van der Waals surface area contributed by atoms with Gasteiger partial charge in [-0.05, 0) is 68.0 Å². The Bertz CT molecular complexity index is 1320. The zero-order valence-corrected chi connectivity index (χ0v) is 19.2. The summed E-state index contributed by atoms with van der Waals surface area (Å²) in [7, 11) is 0. The Labute approximate surface area is 198 Å². The first-order valence-electron chi connectivity index (χ1n) is 11.7. The molecule has 1 aromatic heterocycles. The van der Waals surface area contributed by atoms with Gasteiger partial charge in [-0.2, -0.15) is 4.99 Å². The summed E-state index contributed by atoms with van der Waals surface area (Å²) >= 11 is 0. The number of aromatic nitrogens is 1. The van der Waals surface area contributed by atoms with Crippen molar-refractivity contribution in [1.29, 1.82) is 0 Å². The van der Waals surface area contributed by atoms with Gasteiger partial charge in [0.1, 0.15) is 5.66 Å². The minimum atomic E-state index is -0.967. The molecule has 8 heteroatoms. The molecule has 5 rings (SSSR count). The van der Waals surface area contributed by atoms with Crippen LogP contribution in [0.4, 0.5) is 5.69 Å². The fourth-order valence-corrected chi connectivity index (χ4v) is 5.09. The van der Waals surface area contributed by atoms with Gasteiger partial charge in [-0.3, -0.25) is 4.90 Å². The number of fused-ring (bicyclic) bond motifs is 1. The van der Waals surface area contributed by atoms with Crippen LogP contribution in [0.1, 0.15) is 54.9 Å². The second-order valence-electron chi connectivity index (χ2n) is 8.93. The van der Waals surface area contributed by atoms with Crippen LogP contribution < -0.4 is 16.4 Å². The molecular formula is C26H28N6O2. The minimum absolute atomic E-state index is 0.222. The third kappa shape index (κ3) is 3.75. The van der Waals surface area contributed by atoms with Gasteiger partial charge in [0.15, 0.2) is 0 Å². The van der Waals surface area contributed by atoms with Gasteiger partial charge in [0, 0.05) is 16.6 Å². The Hall–Kier alpha value is -3.94. The Balaban J connectivity index is 1.54. The number of guanidine groups is 2. The van der Waals surface area contributed by atoms with Crippen LogP contribution in [0.15, 0.2) is 58.5 Å². The smallest absolute Gasteiger partial charge is 0.336 e. The number of nitrogens with zero attached hydrogens (tertiary/aromatic N) is 4. The number of aromatic carboxylic acids is 1. The molecule has 1 aliphatic carbocycles. The Morgan fingerprint density at radius 3 is 2.47 bits per heavy atom. The van der Waals surface area contributed by atoms with Crippen molar-refractivity contribution in [3.8, 4) is 11.3 Å². The average molecular weight is 457 g/mol. The molecule has 0 atom stereocenters. The lowest BCUT2D eigenvalue weighted by Crippen LogP contribution is -2.58. The number of nitrogens with two attached hydrogens (primary N) is 2. The standard InChI is InChI=1S/C26H28N6O2/c1-2-16-6-11-21-19(14-16)20(23(33)34)15-22(29-21)17-7-9-18(10-8-17)32-25(28)30-24(27)31-26(32)12-4-3-5-13-26/h6-11,14-15H,2-5,12-13H2,1H3,(H,33,34)(H4,27,28,30,31). The van der Waals surface area contributed by atoms with Gasteiger partial charge in [0.25, 0.3) is 0 Å². The molecule has 1 saturated carbocycles. The zero-order valence-electron chi connectivity index (χ0n) is 19.2. The van der Waals surface area contributed by atoms with Crippen LogP contribution in [0.25, 0.3) is 22.2 Å². The highest BCUT2D eigenvalue weighted by Crippen LogP contribution is 2.40. The lowest BCUT2D eigenvalue weighted by Gasteiger charge is -2.45. The summed E-state index contributed by atoms with van der Waals surface area (Å²) in [5, 5.41) is 10.5. The van der Waals surface area contributed by atoms with Crippen molar-refractivity contribution < 1.29 is 9.90 Å². The maximum absolute atomic E-state index is 12.0. The van der Waals surface area contributed by atoms with Crippen molar-refractivity contribution in [3.63, 3.8) is 0 Å². The lowest BCUT2D eigenvalue weighted by atomic mass is 9.87. The predicted molar refractivity (Wildman–Crippen MR) is 135 cm³/mol. The van der Waals surface area contributed by atoms with E-state index in [-0.39, 0.29) is 11.5 Å². The molecule has 1 fully saturated rings. The van der Waals surface area contributed by atoms with Gasteiger partial charge in [-0.1, -0.05) is 31.5 Å². The minimum Gasteiger partial charge on any atom is -0.478 e. The fraction of sp³-hybridized carbons (Fsp3) is 0.308. The molecule has 1 spiro atoms. The molecular weight excluding hydrogens is 428 g/mol. The van der Waals surface area contributed by atoms with Gasteiger partial charge in [-0.15, -0.1) is 0 Å². The molecule has 174 valence electrons. The van der Waals surface area contributed by atoms with Crippen LogP contribution in [0.5, 0.6) is 0 Å². The van der Waals surface area contributed by atoms with E-state index in [0.29, 0.717) is 22.6 Å². The lowest BCUT2D eigenvalue weighted by molar-refractivity contribution is 0.0699. The number of carbonyl (C=O) groups is 1. The number of carboxylic acid groups (broad SMARTS) is 1. The van der Waals surface area contributed by atoms with Crippen LogP contribution in [-0.2, 0) is 6.42 Å². The number of benzene rings is 2. The fourth-order valence-electron chi connectivity index (χ4n) is 5.09. The number of carboxylic acids is 1. The number of aryl methyl sites for hydroxylation is 1. The maximum atomic E-state index is 12.0. The Morgan fingerprint density at radius 1 is 1.06 bits per heavy atom. The first kappa shape index (κ1) is 21.9. The number of rotatable bonds is 4. The SMILES string of the molecule is CCc1ccc2nc(-c3ccc(N4C(N)=NC(N)=NC45CCCCC5)cc3)cc(C(=O)O)c2c1. The third-order valence-electron chi connectivity index (χ3n) is 6.78. The Kier molecular flexibility index (Phi) is 5.43. The largest absolute Gasteiger partial charge is 0.478 e. The monoisotopic (exact) mass is 456 g/mol. The van der Waals surface area contributed by atoms with E-state index in [1.165, 1.54) is 6.42 Å². The van der Waals surface area contributed by atoms with Crippen molar-refractivity contribution in [2.24, 2.45) is 21.5 Å². The van der Waals surface area contributed by atoms with Gasteiger partial charge >= 0.3 is 5.97 Å². The van der Waals surface area contributed by atoms with Crippen LogP contribution in [0.3, 0.4) is 0 Å². The molecule has 1 aliphatic heterocycles. The van der Waals surface area contributed by atoms with Crippen LogP contribution in [-0.4, -0.2) is 33.6 Å². The topological polar surface area (TPSA) is 130 Å². The molecule has 0 radical (unpaired) electrons. The zero-order chi connectivity index (χ0) is 23.9. The van der Waals surface area contributed by atoms with Gasteiger partial charge in [0.2, 0.25) is 11.9 Å². The van der Waals surface area contributed by atoms with E-state index >= 15 is 0 Å². The van der Waals surface area contributed by atoms with Gasteiger partial charge in [0.05, 0.1) is 16.8 Å². The van der Waals surface area contributed by atoms with Crippen LogP contribution >= 0.6 is 0 Å². The highest BCUT2D eigenvalue weighted by molar-refractivity contribution is 6.06. The van der Waals surface area contributed by atoms with Crippen molar-refractivity contribution in [2.75, 3.05) is 4.90 Å². The molecule has 2 aromatic carbocycles. The maximum Gasteiger partial charge on any atom is 0.336 e. The van der Waals surface area contributed by atoms with E-state index in [1.807, 2.05) is 54.3 Å². The molecule has 0 amide bonds. The molecule has 2 aliphatic rings. The Morgan fingerprint density at radius 2 is 1.79 bits per heavy atom. The summed E-state index contributed by atoms with van der Waals surface area (Å²) < 4.78 is 0. The summed E-state index contributed by atoms with van der Waals surface area (Å²) in [6.07, 6.45) is 5.83. The van der Waals surface area contributed by atoms with Crippen LogP contribution in [0, 0.1) is 0 Å². The van der Waals surface area contributed by atoms with Gasteiger partial charge < -0.3 is 16.6 Å². The molecule has 8 nitrogen and oxygen atoms in total. The highest BCUT2D eigenvalue weighted by Gasteiger charge is 2.42. The number of anilines is 1. The van der Waals surface area contributed by atoms with E-state index in [1.54, 1.807) is 6.07 Å². The second kappa shape index (κ2) is 8.44. The van der Waals surface area contributed by atoms with E-state index in [0.717, 1.165) is 48.9 Å². The van der Waals surface area contributed by atoms with Crippen LogP contribution in [0.2, 0.25) is 0 Å².